The Bertz CT molecular complexity index is 3550. The van der Waals surface area contributed by atoms with Gasteiger partial charge in [0, 0.05) is 12.1 Å². The molecule has 266 valence electrons. The lowest BCUT2D eigenvalue weighted by Gasteiger charge is -2.20. The van der Waals surface area contributed by atoms with Crippen molar-refractivity contribution >= 4 is 86.4 Å². The van der Waals surface area contributed by atoms with Crippen LogP contribution in [0.2, 0.25) is 0 Å². The molecule has 2 heteroatoms. The first kappa shape index (κ1) is 32.0. The third-order valence-corrected chi connectivity index (χ3v) is 12.3. The molecule has 1 heterocycles. The van der Waals surface area contributed by atoms with Crippen LogP contribution in [0.3, 0.4) is 0 Å². The number of nitrogens with zero attached hydrogens (tertiary/aromatic N) is 2. The molecule has 0 aliphatic carbocycles. The molecule has 12 aromatic rings. The van der Waals surface area contributed by atoms with E-state index in [1.165, 1.54) is 97.7 Å². The quantitative estimate of drug-likeness (QED) is 0.131. The van der Waals surface area contributed by atoms with E-state index in [4.69, 9.17) is 4.98 Å². The van der Waals surface area contributed by atoms with Crippen molar-refractivity contribution in [3.8, 4) is 27.9 Å². The van der Waals surface area contributed by atoms with Crippen LogP contribution >= 0.6 is 0 Å². The van der Waals surface area contributed by atoms with Gasteiger partial charge in [0.2, 0.25) is 0 Å². The Morgan fingerprint density at radius 2 is 0.860 bits per heavy atom. The molecular weight excluding hydrogens is 689 g/mol. The Balaban J connectivity index is 1.19. The van der Waals surface area contributed by atoms with Gasteiger partial charge in [0.1, 0.15) is 5.82 Å². The average Bonchev–Trinajstić information content (AvgIpc) is 3.66. The van der Waals surface area contributed by atoms with Crippen molar-refractivity contribution < 1.29 is 0 Å². The summed E-state index contributed by atoms with van der Waals surface area (Å²) in [7, 11) is 0. The minimum Gasteiger partial charge on any atom is -0.296 e. The molecule has 1 aromatic heterocycles. The molecular formula is C55H36N2. The molecule has 0 aliphatic heterocycles. The van der Waals surface area contributed by atoms with Crippen molar-refractivity contribution in [2.24, 2.45) is 0 Å². The van der Waals surface area contributed by atoms with E-state index >= 15 is 0 Å². The largest absolute Gasteiger partial charge is 0.296 e. The van der Waals surface area contributed by atoms with Crippen molar-refractivity contribution in [1.82, 2.24) is 9.55 Å². The van der Waals surface area contributed by atoms with E-state index in [1.54, 1.807) is 0 Å². The lowest BCUT2D eigenvalue weighted by molar-refractivity contribution is 0.908. The van der Waals surface area contributed by atoms with Gasteiger partial charge in [-0.3, -0.25) is 4.57 Å². The molecule has 0 unspecified atom stereocenters. The number of hydrogen-bond donors (Lipinski definition) is 0. The van der Waals surface area contributed by atoms with E-state index in [2.05, 4.69) is 200 Å². The van der Waals surface area contributed by atoms with Gasteiger partial charge < -0.3 is 0 Å². The second-order valence-corrected chi connectivity index (χ2v) is 15.2. The van der Waals surface area contributed by atoms with Gasteiger partial charge in [-0.05, 0) is 122 Å². The molecule has 0 bridgehead atoms. The zero-order valence-electron chi connectivity index (χ0n) is 31.5. The predicted molar refractivity (Wildman–Crippen MR) is 244 cm³/mol. The molecule has 11 aromatic carbocycles. The second kappa shape index (κ2) is 12.4. The van der Waals surface area contributed by atoms with Gasteiger partial charge in [-0.25, -0.2) is 4.98 Å². The Kier molecular flexibility index (Phi) is 6.94. The molecule has 12 rings (SSSR count). The van der Waals surface area contributed by atoms with Gasteiger partial charge >= 0.3 is 0 Å². The average molecular weight is 725 g/mol. The molecule has 0 radical (unpaired) electrons. The van der Waals surface area contributed by atoms with Crippen LogP contribution in [0, 0.1) is 0 Å². The van der Waals surface area contributed by atoms with Gasteiger partial charge in [0.25, 0.3) is 0 Å². The highest BCUT2D eigenvalue weighted by Gasteiger charge is 2.21. The summed E-state index contributed by atoms with van der Waals surface area (Å²) in [5, 5.41) is 17.8. The topological polar surface area (TPSA) is 17.8 Å². The molecule has 0 aliphatic rings. The number of aromatic nitrogens is 2. The Morgan fingerprint density at radius 3 is 1.49 bits per heavy atom. The zero-order chi connectivity index (χ0) is 37.6. The molecule has 0 N–H and O–H groups in total. The highest BCUT2D eigenvalue weighted by atomic mass is 15.1. The van der Waals surface area contributed by atoms with Crippen molar-refractivity contribution in [2.75, 3.05) is 0 Å². The van der Waals surface area contributed by atoms with Gasteiger partial charge in [0.05, 0.1) is 11.0 Å². The second-order valence-electron chi connectivity index (χ2n) is 15.2. The first-order chi connectivity index (χ1) is 28.3. The highest BCUT2D eigenvalue weighted by molar-refractivity contribution is 6.35. The van der Waals surface area contributed by atoms with Crippen molar-refractivity contribution in [3.05, 3.63) is 194 Å². The number of para-hydroxylation sites is 2. The first-order valence-corrected chi connectivity index (χ1v) is 20.0. The van der Waals surface area contributed by atoms with Crippen LogP contribution in [-0.4, -0.2) is 9.55 Å². The predicted octanol–water partition coefficient (Wildman–Crippen LogP) is 15.0. The van der Waals surface area contributed by atoms with E-state index < -0.39 is 0 Å². The lowest BCUT2D eigenvalue weighted by Crippen LogP contribution is -2.00. The highest BCUT2D eigenvalue weighted by Crippen LogP contribution is 2.48. The van der Waals surface area contributed by atoms with E-state index in [1.807, 2.05) is 0 Å². The van der Waals surface area contributed by atoms with Crippen LogP contribution in [0.5, 0.6) is 0 Å². The fourth-order valence-corrected chi connectivity index (χ4v) is 9.92. The summed E-state index contributed by atoms with van der Waals surface area (Å²) in [6.45, 7) is 2.18. The number of aryl methyl sites for hydroxylation is 1. The Hall–Kier alpha value is -7.29. The van der Waals surface area contributed by atoms with Crippen LogP contribution in [-0.2, 0) is 6.42 Å². The zero-order valence-corrected chi connectivity index (χ0v) is 31.5. The fourth-order valence-electron chi connectivity index (χ4n) is 9.92. The number of benzene rings is 10. The maximum absolute atomic E-state index is 4.96. The molecule has 0 atom stereocenters. The van der Waals surface area contributed by atoms with Crippen LogP contribution in [0.25, 0.3) is 114 Å². The SMILES string of the molecule is CCc1nc2ccccc2n1-c1ccc(-c2c3ccccc3c(-c3cccc4c5cccc6ccc7cccc(c8ccccc8c34)c7c65)c3ccccc23)cc1. The van der Waals surface area contributed by atoms with Crippen LogP contribution < -0.4 is 0 Å². The Labute approximate surface area is 329 Å². The van der Waals surface area contributed by atoms with Gasteiger partial charge in [0.15, 0.2) is 0 Å². The summed E-state index contributed by atoms with van der Waals surface area (Å²) in [4.78, 5) is 4.96. The molecule has 2 nitrogen and oxygen atoms in total. The van der Waals surface area contributed by atoms with Gasteiger partial charge in [-0.2, -0.15) is 0 Å². The van der Waals surface area contributed by atoms with E-state index in [9.17, 15) is 0 Å². The minimum absolute atomic E-state index is 0.859. The molecule has 57 heavy (non-hydrogen) atoms. The summed E-state index contributed by atoms with van der Waals surface area (Å²) >= 11 is 0. The number of rotatable bonds is 4. The third-order valence-electron chi connectivity index (χ3n) is 12.3. The molecule has 0 fully saturated rings. The number of fused-ring (bicyclic) bond motifs is 8. The van der Waals surface area contributed by atoms with Crippen LogP contribution in [0.15, 0.2) is 188 Å². The summed E-state index contributed by atoms with van der Waals surface area (Å²) in [5.74, 6) is 1.07. The first-order valence-electron chi connectivity index (χ1n) is 20.0. The third kappa shape index (κ3) is 4.62. The smallest absolute Gasteiger partial charge is 0.114 e. The fraction of sp³-hybridized carbons (Fsp3) is 0.0364. The normalized spacial score (nSPS) is 12.0. The summed E-state index contributed by atoms with van der Waals surface area (Å²) in [6, 6.07) is 69.7. The van der Waals surface area contributed by atoms with Crippen molar-refractivity contribution in [3.63, 3.8) is 0 Å². The van der Waals surface area contributed by atoms with Gasteiger partial charge in [-0.15, -0.1) is 0 Å². The van der Waals surface area contributed by atoms with Gasteiger partial charge in [-0.1, -0.05) is 171 Å². The van der Waals surface area contributed by atoms with Crippen molar-refractivity contribution in [2.45, 2.75) is 13.3 Å². The summed E-state index contributed by atoms with van der Waals surface area (Å²) in [5.41, 5.74) is 8.27. The maximum atomic E-state index is 4.96. The monoisotopic (exact) mass is 724 g/mol. The molecule has 0 amide bonds. The van der Waals surface area contributed by atoms with E-state index in [-0.39, 0.29) is 0 Å². The van der Waals surface area contributed by atoms with E-state index in [0.29, 0.717) is 0 Å². The molecule has 0 saturated carbocycles. The molecule has 0 saturated heterocycles. The Morgan fingerprint density at radius 1 is 0.386 bits per heavy atom. The van der Waals surface area contributed by atoms with E-state index in [0.717, 1.165) is 29.0 Å². The summed E-state index contributed by atoms with van der Waals surface area (Å²) < 4.78 is 2.30. The standard InChI is InChI=1S/C55H36N2/c1-2-50-56-48-26-9-10-27-49(48)57(50)37-32-30-36(31-33-37)51-41-18-5-7-20-44(41)55(45-21-8-6-19-42(45)51)47-25-13-24-46-43-23-12-15-35-29-28-34-14-11-22-39(52(34)53(35)43)38-16-3-4-17-40(38)54(46)47/h3-33H,2H2,1H3. The number of hydrogen-bond acceptors (Lipinski definition) is 1. The minimum atomic E-state index is 0.859. The maximum Gasteiger partial charge on any atom is 0.114 e. The van der Waals surface area contributed by atoms with Crippen LogP contribution in [0.4, 0.5) is 0 Å². The van der Waals surface area contributed by atoms with Crippen molar-refractivity contribution in [1.29, 1.82) is 0 Å². The van der Waals surface area contributed by atoms with Crippen LogP contribution in [0.1, 0.15) is 12.7 Å². The number of imidazole rings is 1. The lowest BCUT2D eigenvalue weighted by atomic mass is 9.83. The summed E-state index contributed by atoms with van der Waals surface area (Å²) in [6.07, 6.45) is 0.859. The molecule has 0 spiro atoms.